The van der Waals surface area contributed by atoms with E-state index in [1.165, 1.54) is 0 Å². The molecule has 0 bridgehead atoms. The Kier molecular flexibility index (Phi) is 4.12. The summed E-state index contributed by atoms with van der Waals surface area (Å²) < 4.78 is 0. The van der Waals surface area contributed by atoms with E-state index >= 15 is 0 Å². The highest BCUT2D eigenvalue weighted by molar-refractivity contribution is 5.96. The van der Waals surface area contributed by atoms with Gasteiger partial charge >= 0.3 is 0 Å². The summed E-state index contributed by atoms with van der Waals surface area (Å²) in [4.78, 5) is 16.2. The van der Waals surface area contributed by atoms with E-state index in [0.29, 0.717) is 12.3 Å². The first-order valence-electron chi connectivity index (χ1n) is 6.47. The van der Waals surface area contributed by atoms with Gasteiger partial charge in [-0.25, -0.2) is 0 Å². The lowest BCUT2D eigenvalue weighted by molar-refractivity contribution is -0.117. The SMILES string of the molecule is CC(C)C[C@@H](N)C(=O)Nc1ccc2ncccc2c1. The van der Waals surface area contributed by atoms with E-state index < -0.39 is 6.04 Å². The van der Waals surface area contributed by atoms with Crippen LogP contribution in [-0.4, -0.2) is 16.9 Å². The fourth-order valence-electron chi connectivity index (χ4n) is 2.00. The summed E-state index contributed by atoms with van der Waals surface area (Å²) in [5.41, 5.74) is 7.52. The Labute approximate surface area is 113 Å². The van der Waals surface area contributed by atoms with Crippen LogP contribution in [0, 0.1) is 5.92 Å². The zero-order valence-electron chi connectivity index (χ0n) is 11.3. The number of amides is 1. The second-order valence-corrected chi connectivity index (χ2v) is 5.14. The lowest BCUT2D eigenvalue weighted by Crippen LogP contribution is -2.36. The van der Waals surface area contributed by atoms with Gasteiger partial charge in [-0.05, 0) is 36.6 Å². The van der Waals surface area contributed by atoms with E-state index in [-0.39, 0.29) is 5.91 Å². The highest BCUT2D eigenvalue weighted by Gasteiger charge is 2.15. The Morgan fingerprint density at radius 3 is 2.89 bits per heavy atom. The number of nitrogens with two attached hydrogens (primary N) is 1. The van der Waals surface area contributed by atoms with Crippen molar-refractivity contribution in [1.82, 2.24) is 4.98 Å². The summed E-state index contributed by atoms with van der Waals surface area (Å²) >= 11 is 0. The second-order valence-electron chi connectivity index (χ2n) is 5.14. The van der Waals surface area contributed by atoms with Gasteiger partial charge in [-0.2, -0.15) is 0 Å². The molecule has 0 aliphatic carbocycles. The van der Waals surface area contributed by atoms with E-state index in [4.69, 9.17) is 5.73 Å². The first kappa shape index (κ1) is 13.5. The summed E-state index contributed by atoms with van der Waals surface area (Å²) in [5, 5.41) is 3.85. The van der Waals surface area contributed by atoms with Crippen LogP contribution in [0.1, 0.15) is 20.3 Å². The number of anilines is 1. The van der Waals surface area contributed by atoms with E-state index in [0.717, 1.165) is 16.6 Å². The highest BCUT2D eigenvalue weighted by atomic mass is 16.2. The minimum absolute atomic E-state index is 0.142. The summed E-state index contributed by atoms with van der Waals surface area (Å²) in [6, 6.07) is 9.01. The van der Waals surface area contributed by atoms with Crippen molar-refractivity contribution in [3.8, 4) is 0 Å². The minimum atomic E-state index is -0.468. The van der Waals surface area contributed by atoms with Crippen molar-refractivity contribution in [2.75, 3.05) is 5.32 Å². The van der Waals surface area contributed by atoms with Crippen molar-refractivity contribution in [1.29, 1.82) is 0 Å². The molecule has 4 heteroatoms. The Balaban J connectivity index is 2.10. The molecule has 100 valence electrons. The van der Waals surface area contributed by atoms with Gasteiger partial charge in [-0.15, -0.1) is 0 Å². The molecule has 1 amide bonds. The molecule has 1 aromatic heterocycles. The van der Waals surface area contributed by atoms with Crippen LogP contribution < -0.4 is 11.1 Å². The third-order valence-electron chi connectivity index (χ3n) is 2.93. The molecule has 0 aliphatic rings. The fourth-order valence-corrected chi connectivity index (χ4v) is 2.00. The van der Waals surface area contributed by atoms with Gasteiger partial charge in [-0.1, -0.05) is 19.9 Å². The van der Waals surface area contributed by atoms with Gasteiger partial charge in [0, 0.05) is 17.3 Å². The van der Waals surface area contributed by atoms with Crippen molar-refractivity contribution in [2.24, 2.45) is 11.7 Å². The third-order valence-corrected chi connectivity index (χ3v) is 2.93. The zero-order valence-corrected chi connectivity index (χ0v) is 11.3. The number of aromatic nitrogens is 1. The standard InChI is InChI=1S/C15H19N3O/c1-10(2)8-13(16)15(19)18-12-5-6-14-11(9-12)4-3-7-17-14/h3-7,9-10,13H,8,16H2,1-2H3,(H,18,19)/t13-/m1/s1. The number of fused-ring (bicyclic) bond motifs is 1. The first-order valence-corrected chi connectivity index (χ1v) is 6.47. The molecule has 0 saturated carbocycles. The molecule has 0 fully saturated rings. The fraction of sp³-hybridized carbons (Fsp3) is 0.333. The van der Waals surface area contributed by atoms with Crippen molar-refractivity contribution in [3.05, 3.63) is 36.5 Å². The molecule has 1 aromatic carbocycles. The summed E-state index contributed by atoms with van der Waals surface area (Å²) in [7, 11) is 0. The summed E-state index contributed by atoms with van der Waals surface area (Å²) in [6.45, 7) is 4.10. The molecule has 0 saturated heterocycles. The Hall–Kier alpha value is -1.94. The topological polar surface area (TPSA) is 68.0 Å². The number of carbonyl (C=O) groups excluding carboxylic acids is 1. The molecule has 4 nitrogen and oxygen atoms in total. The van der Waals surface area contributed by atoms with E-state index in [1.807, 2.05) is 30.3 Å². The van der Waals surface area contributed by atoms with Crippen molar-refractivity contribution < 1.29 is 4.79 Å². The Morgan fingerprint density at radius 1 is 1.37 bits per heavy atom. The predicted molar refractivity (Wildman–Crippen MR) is 77.8 cm³/mol. The molecule has 0 radical (unpaired) electrons. The van der Waals surface area contributed by atoms with Crippen molar-refractivity contribution in [3.63, 3.8) is 0 Å². The maximum atomic E-state index is 11.9. The number of nitrogens with one attached hydrogen (secondary N) is 1. The van der Waals surface area contributed by atoms with Crippen LogP contribution in [0.15, 0.2) is 36.5 Å². The van der Waals surface area contributed by atoms with Crippen LogP contribution in [0.2, 0.25) is 0 Å². The van der Waals surface area contributed by atoms with Gasteiger partial charge in [0.1, 0.15) is 0 Å². The van der Waals surface area contributed by atoms with Crippen LogP contribution in [-0.2, 0) is 4.79 Å². The normalized spacial score (nSPS) is 12.6. The molecule has 3 N–H and O–H groups in total. The number of rotatable bonds is 4. The van der Waals surface area contributed by atoms with Gasteiger partial charge in [0.25, 0.3) is 0 Å². The minimum Gasteiger partial charge on any atom is -0.325 e. The van der Waals surface area contributed by atoms with Crippen molar-refractivity contribution in [2.45, 2.75) is 26.3 Å². The number of hydrogen-bond donors (Lipinski definition) is 2. The van der Waals surface area contributed by atoms with E-state index in [2.05, 4.69) is 24.1 Å². The van der Waals surface area contributed by atoms with Gasteiger partial charge in [-0.3, -0.25) is 9.78 Å². The third kappa shape index (κ3) is 3.51. The molecule has 0 unspecified atom stereocenters. The monoisotopic (exact) mass is 257 g/mol. The molecule has 0 aliphatic heterocycles. The predicted octanol–water partition coefficient (Wildman–Crippen LogP) is 2.55. The van der Waals surface area contributed by atoms with Gasteiger partial charge < -0.3 is 11.1 Å². The second kappa shape index (κ2) is 5.80. The lowest BCUT2D eigenvalue weighted by atomic mass is 10.0. The number of pyridine rings is 1. The first-order chi connectivity index (χ1) is 9.06. The van der Waals surface area contributed by atoms with Crippen LogP contribution in [0.3, 0.4) is 0 Å². The number of nitrogens with zero attached hydrogens (tertiary/aromatic N) is 1. The van der Waals surface area contributed by atoms with Crippen LogP contribution in [0.25, 0.3) is 10.9 Å². The maximum absolute atomic E-state index is 11.9. The Bertz CT molecular complexity index is 580. The molecular weight excluding hydrogens is 238 g/mol. The molecular formula is C15H19N3O. The Morgan fingerprint density at radius 2 is 2.16 bits per heavy atom. The van der Waals surface area contributed by atoms with Crippen LogP contribution >= 0.6 is 0 Å². The zero-order chi connectivity index (χ0) is 13.8. The molecule has 2 aromatic rings. The molecule has 0 spiro atoms. The quantitative estimate of drug-likeness (QED) is 0.884. The molecule has 1 atom stereocenters. The van der Waals surface area contributed by atoms with E-state index in [1.54, 1.807) is 6.20 Å². The molecule has 1 heterocycles. The molecule has 2 rings (SSSR count). The highest BCUT2D eigenvalue weighted by Crippen LogP contribution is 2.17. The summed E-state index contributed by atoms with van der Waals surface area (Å²) in [5.74, 6) is 0.262. The van der Waals surface area contributed by atoms with E-state index in [9.17, 15) is 4.79 Å². The van der Waals surface area contributed by atoms with Crippen LogP contribution in [0.5, 0.6) is 0 Å². The largest absolute Gasteiger partial charge is 0.325 e. The average molecular weight is 257 g/mol. The summed E-state index contributed by atoms with van der Waals surface area (Å²) in [6.07, 6.45) is 2.43. The number of carbonyl (C=O) groups is 1. The number of benzene rings is 1. The van der Waals surface area contributed by atoms with Crippen molar-refractivity contribution >= 4 is 22.5 Å². The van der Waals surface area contributed by atoms with Crippen LogP contribution in [0.4, 0.5) is 5.69 Å². The average Bonchev–Trinajstić information content (AvgIpc) is 2.37. The molecule has 19 heavy (non-hydrogen) atoms. The lowest BCUT2D eigenvalue weighted by Gasteiger charge is -2.14. The number of hydrogen-bond acceptors (Lipinski definition) is 3. The van der Waals surface area contributed by atoms with Gasteiger partial charge in [0.15, 0.2) is 0 Å². The maximum Gasteiger partial charge on any atom is 0.241 e. The van der Waals surface area contributed by atoms with Gasteiger partial charge in [0.2, 0.25) is 5.91 Å². The van der Waals surface area contributed by atoms with Gasteiger partial charge in [0.05, 0.1) is 11.6 Å². The smallest absolute Gasteiger partial charge is 0.241 e.